The molecule has 0 heterocycles. The van der Waals surface area contributed by atoms with Crippen molar-refractivity contribution < 1.29 is 4.79 Å². The molecule has 1 aliphatic rings. The van der Waals surface area contributed by atoms with Crippen LogP contribution < -0.4 is 5.32 Å². The fourth-order valence-corrected chi connectivity index (χ4v) is 3.19. The molecule has 0 unspecified atom stereocenters. The van der Waals surface area contributed by atoms with E-state index >= 15 is 0 Å². The van der Waals surface area contributed by atoms with Gasteiger partial charge >= 0.3 is 0 Å². The number of halogens is 2. The summed E-state index contributed by atoms with van der Waals surface area (Å²) < 4.78 is 0. The van der Waals surface area contributed by atoms with E-state index in [1.165, 1.54) is 6.42 Å². The Morgan fingerprint density at radius 3 is 2.63 bits per heavy atom. The van der Waals surface area contributed by atoms with Crippen molar-refractivity contribution in [3.63, 3.8) is 0 Å². The van der Waals surface area contributed by atoms with Crippen LogP contribution in [0, 0.1) is 6.92 Å². The van der Waals surface area contributed by atoms with Gasteiger partial charge in [-0.25, -0.2) is 0 Å². The van der Waals surface area contributed by atoms with E-state index in [2.05, 4.69) is 5.32 Å². The fourth-order valence-electron chi connectivity index (χ4n) is 2.68. The summed E-state index contributed by atoms with van der Waals surface area (Å²) in [6, 6.07) is 5.41. The molecule has 1 saturated carbocycles. The molecular weight excluding hydrogens is 281 g/mol. The van der Waals surface area contributed by atoms with Crippen LogP contribution in [0.1, 0.15) is 48.0 Å². The maximum atomic E-state index is 12.4. The van der Waals surface area contributed by atoms with Crippen LogP contribution in [0.2, 0.25) is 5.02 Å². The third-order valence-corrected chi connectivity index (χ3v) is 4.88. The van der Waals surface area contributed by atoms with Crippen molar-refractivity contribution in [3.05, 3.63) is 34.3 Å². The molecular formula is C15H19Cl2NO. The number of nitrogens with one attached hydrogen (secondary N) is 1. The van der Waals surface area contributed by atoms with Crippen LogP contribution in [0.5, 0.6) is 0 Å². The normalized spacial score (nSPS) is 18.1. The van der Waals surface area contributed by atoms with E-state index in [1.54, 1.807) is 18.2 Å². The quantitative estimate of drug-likeness (QED) is 0.828. The molecule has 1 aromatic carbocycles. The number of carbonyl (C=O) groups is 1. The summed E-state index contributed by atoms with van der Waals surface area (Å²) in [4.78, 5) is 12.4. The second-order valence-corrected chi connectivity index (χ2v) is 6.02. The zero-order valence-electron chi connectivity index (χ0n) is 11.1. The van der Waals surface area contributed by atoms with Gasteiger partial charge in [0.2, 0.25) is 0 Å². The van der Waals surface area contributed by atoms with Crippen LogP contribution in [-0.2, 0) is 0 Å². The van der Waals surface area contributed by atoms with Gasteiger partial charge in [-0.1, -0.05) is 36.9 Å². The maximum absolute atomic E-state index is 12.4. The van der Waals surface area contributed by atoms with Crippen LogP contribution in [0.3, 0.4) is 0 Å². The second-order valence-electron chi connectivity index (χ2n) is 5.34. The Balaban J connectivity index is 2.17. The van der Waals surface area contributed by atoms with Crippen molar-refractivity contribution in [1.82, 2.24) is 5.32 Å². The van der Waals surface area contributed by atoms with Gasteiger partial charge in [0.1, 0.15) is 0 Å². The van der Waals surface area contributed by atoms with Gasteiger partial charge in [0, 0.05) is 16.5 Å². The van der Waals surface area contributed by atoms with Crippen molar-refractivity contribution in [2.75, 3.05) is 5.88 Å². The molecule has 0 atom stereocenters. The monoisotopic (exact) mass is 299 g/mol. The molecule has 1 N–H and O–H groups in total. The van der Waals surface area contributed by atoms with Crippen LogP contribution in [-0.4, -0.2) is 17.3 Å². The molecule has 0 saturated heterocycles. The largest absolute Gasteiger partial charge is 0.345 e. The van der Waals surface area contributed by atoms with Gasteiger partial charge in [0.05, 0.1) is 5.54 Å². The fraction of sp³-hybridized carbons (Fsp3) is 0.533. The number of amides is 1. The first-order valence-corrected chi connectivity index (χ1v) is 7.63. The van der Waals surface area contributed by atoms with Crippen molar-refractivity contribution in [3.8, 4) is 0 Å². The Kier molecular flexibility index (Phi) is 4.75. The smallest absolute Gasteiger partial charge is 0.252 e. The Labute approximate surface area is 124 Å². The summed E-state index contributed by atoms with van der Waals surface area (Å²) in [6.07, 6.45) is 5.40. The summed E-state index contributed by atoms with van der Waals surface area (Å²) in [7, 11) is 0. The zero-order valence-corrected chi connectivity index (χ0v) is 12.7. The highest BCUT2D eigenvalue weighted by Crippen LogP contribution is 2.30. The van der Waals surface area contributed by atoms with E-state index in [9.17, 15) is 4.79 Å². The Morgan fingerprint density at radius 1 is 1.32 bits per heavy atom. The molecule has 2 nitrogen and oxygen atoms in total. The third-order valence-electron chi connectivity index (χ3n) is 3.96. The predicted octanol–water partition coefficient (Wildman–Crippen LogP) is 4.32. The summed E-state index contributed by atoms with van der Waals surface area (Å²) in [5.74, 6) is 0.404. The lowest BCUT2D eigenvalue weighted by atomic mass is 9.83. The molecule has 104 valence electrons. The van der Waals surface area contributed by atoms with E-state index in [1.807, 2.05) is 6.92 Å². The summed E-state index contributed by atoms with van der Waals surface area (Å²) in [5.41, 5.74) is 1.22. The summed E-state index contributed by atoms with van der Waals surface area (Å²) in [6.45, 7) is 1.87. The van der Waals surface area contributed by atoms with Gasteiger partial charge in [0.15, 0.2) is 0 Å². The lowest BCUT2D eigenvalue weighted by molar-refractivity contribution is 0.0884. The maximum Gasteiger partial charge on any atom is 0.252 e. The van der Waals surface area contributed by atoms with Crippen LogP contribution in [0.4, 0.5) is 0 Å². The van der Waals surface area contributed by atoms with E-state index in [4.69, 9.17) is 23.2 Å². The molecule has 0 aliphatic heterocycles. The summed E-state index contributed by atoms with van der Waals surface area (Å²) >= 11 is 12.2. The molecule has 1 aromatic rings. The van der Waals surface area contributed by atoms with Crippen molar-refractivity contribution >= 4 is 29.1 Å². The van der Waals surface area contributed by atoms with Gasteiger partial charge in [-0.05, 0) is 37.5 Å². The van der Waals surface area contributed by atoms with Gasteiger partial charge in [-0.15, -0.1) is 11.6 Å². The minimum Gasteiger partial charge on any atom is -0.345 e. The highest BCUT2D eigenvalue weighted by Gasteiger charge is 2.33. The highest BCUT2D eigenvalue weighted by molar-refractivity contribution is 6.31. The third kappa shape index (κ3) is 3.24. The molecule has 1 amide bonds. The minimum absolute atomic E-state index is 0.0671. The number of rotatable bonds is 3. The molecule has 19 heavy (non-hydrogen) atoms. The number of hydrogen-bond donors (Lipinski definition) is 1. The average Bonchev–Trinajstić information content (AvgIpc) is 2.42. The van der Waals surface area contributed by atoms with Crippen LogP contribution in [0.15, 0.2) is 18.2 Å². The molecule has 0 spiro atoms. The van der Waals surface area contributed by atoms with Crippen molar-refractivity contribution in [2.45, 2.75) is 44.6 Å². The first-order chi connectivity index (χ1) is 9.08. The lowest BCUT2D eigenvalue weighted by Crippen LogP contribution is -2.51. The first-order valence-electron chi connectivity index (χ1n) is 6.72. The Morgan fingerprint density at radius 2 is 2.00 bits per heavy atom. The van der Waals surface area contributed by atoms with Crippen LogP contribution in [0.25, 0.3) is 0 Å². The number of alkyl halides is 1. The van der Waals surface area contributed by atoms with Gasteiger partial charge < -0.3 is 5.32 Å². The van der Waals surface area contributed by atoms with E-state index in [0.717, 1.165) is 31.2 Å². The lowest BCUT2D eigenvalue weighted by Gasteiger charge is -2.36. The Bertz CT molecular complexity index is 467. The molecule has 4 heteroatoms. The first kappa shape index (κ1) is 14.7. The second kappa shape index (κ2) is 6.15. The topological polar surface area (TPSA) is 29.1 Å². The minimum atomic E-state index is -0.244. The highest BCUT2D eigenvalue weighted by atomic mass is 35.5. The van der Waals surface area contributed by atoms with Crippen molar-refractivity contribution in [2.24, 2.45) is 0 Å². The molecule has 1 aliphatic carbocycles. The SMILES string of the molecule is Cc1c(Cl)cccc1C(=O)NC1(CCl)CCCCC1. The van der Waals surface area contributed by atoms with E-state index in [0.29, 0.717) is 16.5 Å². The number of carbonyl (C=O) groups excluding carboxylic acids is 1. The standard InChI is InChI=1S/C15H19Cl2NO/c1-11-12(6-5-7-13(11)17)14(19)18-15(10-16)8-3-2-4-9-15/h5-7H,2-4,8-10H2,1H3,(H,18,19). The molecule has 0 radical (unpaired) electrons. The molecule has 0 aromatic heterocycles. The predicted molar refractivity (Wildman–Crippen MR) is 80.2 cm³/mol. The van der Waals surface area contributed by atoms with Crippen molar-refractivity contribution in [1.29, 1.82) is 0 Å². The summed E-state index contributed by atoms with van der Waals surface area (Å²) in [5, 5.41) is 3.76. The van der Waals surface area contributed by atoms with Crippen LogP contribution >= 0.6 is 23.2 Å². The molecule has 0 bridgehead atoms. The zero-order chi connectivity index (χ0) is 13.9. The Hall–Kier alpha value is -0.730. The molecule has 2 rings (SSSR count). The average molecular weight is 300 g/mol. The van der Waals surface area contributed by atoms with E-state index in [-0.39, 0.29) is 11.4 Å². The van der Waals surface area contributed by atoms with E-state index < -0.39 is 0 Å². The molecule has 1 fully saturated rings. The number of benzene rings is 1. The van der Waals surface area contributed by atoms with Gasteiger partial charge in [-0.3, -0.25) is 4.79 Å². The number of hydrogen-bond acceptors (Lipinski definition) is 1. The van der Waals surface area contributed by atoms with Gasteiger partial charge in [0.25, 0.3) is 5.91 Å². The van der Waals surface area contributed by atoms with Gasteiger partial charge in [-0.2, -0.15) is 0 Å².